The van der Waals surface area contributed by atoms with Gasteiger partial charge in [-0.1, -0.05) is 36.0 Å². The smallest absolute Gasteiger partial charge is 0.255 e. The van der Waals surface area contributed by atoms with E-state index in [0.29, 0.717) is 16.4 Å². The maximum Gasteiger partial charge on any atom is 0.255 e. The van der Waals surface area contributed by atoms with Gasteiger partial charge in [-0.25, -0.2) is 4.99 Å². The number of amidine groups is 1. The van der Waals surface area contributed by atoms with Crippen LogP contribution in [-0.2, 0) is 0 Å². The van der Waals surface area contributed by atoms with Gasteiger partial charge in [0.1, 0.15) is 0 Å². The van der Waals surface area contributed by atoms with Crippen LogP contribution >= 0.6 is 11.8 Å². The maximum atomic E-state index is 12.5. The Morgan fingerprint density at radius 1 is 1.17 bits per heavy atom. The van der Waals surface area contributed by atoms with Gasteiger partial charge in [0, 0.05) is 11.3 Å². The van der Waals surface area contributed by atoms with Gasteiger partial charge in [0.2, 0.25) is 0 Å². The van der Waals surface area contributed by atoms with E-state index in [2.05, 4.69) is 15.6 Å². The van der Waals surface area contributed by atoms with Gasteiger partial charge in [0.25, 0.3) is 5.91 Å². The number of para-hydroxylation sites is 1. The molecule has 2 aromatic carbocycles. The topological polar surface area (TPSA) is 77.3 Å². The van der Waals surface area contributed by atoms with E-state index in [9.17, 15) is 4.79 Å². The van der Waals surface area contributed by atoms with E-state index in [4.69, 9.17) is 5.26 Å². The average Bonchev–Trinajstić information content (AvgIpc) is 2.58. The molecule has 0 heterocycles. The number of carbonyl (C=O) groups excluding carboxylic acids is 1. The number of aliphatic imine (C=N–C) groups is 1. The second kappa shape index (κ2) is 8.18. The number of rotatable bonds is 3. The van der Waals surface area contributed by atoms with Crippen molar-refractivity contribution in [3.8, 4) is 6.19 Å². The largest absolute Gasteiger partial charge is 0.322 e. The highest BCUT2D eigenvalue weighted by molar-refractivity contribution is 8.13. The van der Waals surface area contributed by atoms with Gasteiger partial charge in [0.05, 0.1) is 5.69 Å². The number of hydrogen-bond donors (Lipinski definition) is 2. The fourth-order valence-electron chi connectivity index (χ4n) is 2.20. The summed E-state index contributed by atoms with van der Waals surface area (Å²) in [7, 11) is 0. The minimum atomic E-state index is -0.191. The molecule has 24 heavy (non-hydrogen) atoms. The van der Waals surface area contributed by atoms with E-state index in [1.807, 2.05) is 44.5 Å². The molecular formula is C18H18N4OS. The molecule has 0 radical (unpaired) electrons. The summed E-state index contributed by atoms with van der Waals surface area (Å²) >= 11 is 1.33. The van der Waals surface area contributed by atoms with Gasteiger partial charge in [0.15, 0.2) is 11.4 Å². The number of anilines is 1. The molecule has 0 atom stereocenters. The van der Waals surface area contributed by atoms with Crippen LogP contribution in [0.3, 0.4) is 0 Å². The Morgan fingerprint density at radius 3 is 2.46 bits per heavy atom. The molecule has 0 spiro atoms. The molecule has 0 aromatic heterocycles. The minimum absolute atomic E-state index is 0.191. The van der Waals surface area contributed by atoms with Gasteiger partial charge in [-0.15, -0.1) is 0 Å². The number of amides is 1. The summed E-state index contributed by atoms with van der Waals surface area (Å²) in [6, 6.07) is 12.9. The lowest BCUT2D eigenvalue weighted by Gasteiger charge is -2.11. The molecule has 122 valence electrons. The Bertz CT molecular complexity index is 804. The third-order valence-electron chi connectivity index (χ3n) is 3.41. The number of nitrogens with zero attached hydrogens (tertiary/aromatic N) is 2. The van der Waals surface area contributed by atoms with Crippen molar-refractivity contribution in [3.05, 3.63) is 59.2 Å². The Kier molecular flexibility index (Phi) is 5.99. The van der Waals surface area contributed by atoms with Crippen LogP contribution in [0.4, 0.5) is 11.4 Å². The van der Waals surface area contributed by atoms with Crippen LogP contribution in [0.5, 0.6) is 0 Å². The lowest BCUT2D eigenvalue weighted by atomic mass is 10.1. The molecule has 5 nitrogen and oxygen atoms in total. The van der Waals surface area contributed by atoms with Crippen LogP contribution in [0.25, 0.3) is 0 Å². The number of aryl methyl sites for hydroxylation is 2. The van der Waals surface area contributed by atoms with E-state index in [1.54, 1.807) is 24.3 Å². The van der Waals surface area contributed by atoms with E-state index < -0.39 is 0 Å². The van der Waals surface area contributed by atoms with Crippen LogP contribution in [0.15, 0.2) is 47.5 Å². The first-order chi connectivity index (χ1) is 11.5. The first-order valence-corrected chi connectivity index (χ1v) is 8.53. The minimum Gasteiger partial charge on any atom is -0.322 e. The van der Waals surface area contributed by atoms with Crippen molar-refractivity contribution in [1.82, 2.24) is 5.32 Å². The summed E-state index contributed by atoms with van der Waals surface area (Å²) in [4.78, 5) is 16.8. The molecular weight excluding hydrogens is 320 g/mol. The monoisotopic (exact) mass is 338 g/mol. The van der Waals surface area contributed by atoms with Crippen molar-refractivity contribution in [3.63, 3.8) is 0 Å². The molecule has 1 amide bonds. The quantitative estimate of drug-likeness (QED) is 0.384. The highest BCUT2D eigenvalue weighted by Crippen LogP contribution is 2.22. The molecule has 2 N–H and O–H groups in total. The van der Waals surface area contributed by atoms with Crippen LogP contribution in [0, 0.1) is 25.3 Å². The van der Waals surface area contributed by atoms with Gasteiger partial charge < -0.3 is 5.32 Å². The van der Waals surface area contributed by atoms with E-state index >= 15 is 0 Å². The normalized spacial score (nSPS) is 10.8. The summed E-state index contributed by atoms with van der Waals surface area (Å²) in [6.07, 6.45) is 3.66. The molecule has 0 fully saturated rings. The number of thioether (sulfide) groups is 1. The number of benzene rings is 2. The summed E-state index contributed by atoms with van der Waals surface area (Å²) in [5.41, 5.74) is 3.97. The Labute approximate surface area is 145 Å². The van der Waals surface area contributed by atoms with Gasteiger partial charge in [-0.3, -0.25) is 10.1 Å². The van der Waals surface area contributed by atoms with E-state index in [1.165, 1.54) is 11.8 Å². The fourth-order valence-corrected chi connectivity index (χ4v) is 2.55. The molecule has 0 unspecified atom stereocenters. The lowest BCUT2D eigenvalue weighted by Crippen LogP contribution is -2.14. The second-order valence-electron chi connectivity index (χ2n) is 5.13. The van der Waals surface area contributed by atoms with Gasteiger partial charge in [-0.05, 0) is 49.4 Å². The lowest BCUT2D eigenvalue weighted by molar-refractivity contribution is 0.102. The molecule has 0 saturated carbocycles. The fraction of sp³-hybridized carbons (Fsp3) is 0.167. The van der Waals surface area contributed by atoms with Crippen molar-refractivity contribution < 1.29 is 4.79 Å². The Hall–Kier alpha value is -2.78. The molecule has 6 heteroatoms. The third-order valence-corrected chi connectivity index (χ3v) is 3.99. The number of carbonyl (C=O) groups is 1. The molecule has 0 aliphatic heterocycles. The number of nitrogens with one attached hydrogen (secondary N) is 2. The van der Waals surface area contributed by atoms with Crippen molar-refractivity contribution in [2.75, 3.05) is 11.6 Å². The molecule has 0 saturated heterocycles. The summed E-state index contributed by atoms with van der Waals surface area (Å²) < 4.78 is 0. The Balaban J connectivity index is 2.25. The average molecular weight is 338 g/mol. The van der Waals surface area contributed by atoms with Crippen molar-refractivity contribution in [2.24, 2.45) is 4.99 Å². The molecule has 2 aromatic rings. The summed E-state index contributed by atoms with van der Waals surface area (Å²) in [5.74, 6) is -0.191. The van der Waals surface area contributed by atoms with Crippen molar-refractivity contribution >= 4 is 34.2 Å². The molecule has 0 bridgehead atoms. The zero-order valence-corrected chi connectivity index (χ0v) is 14.6. The second-order valence-corrected chi connectivity index (χ2v) is 5.92. The summed E-state index contributed by atoms with van der Waals surface area (Å²) in [5, 5.41) is 14.6. The van der Waals surface area contributed by atoms with Crippen molar-refractivity contribution in [1.29, 1.82) is 5.26 Å². The predicted molar refractivity (Wildman–Crippen MR) is 99.7 cm³/mol. The zero-order valence-electron chi connectivity index (χ0n) is 13.8. The number of nitriles is 1. The van der Waals surface area contributed by atoms with Gasteiger partial charge >= 0.3 is 0 Å². The summed E-state index contributed by atoms with van der Waals surface area (Å²) in [6.45, 7) is 3.92. The predicted octanol–water partition coefficient (Wildman–Crippen LogP) is 3.98. The SMILES string of the molecule is CSC(=Nc1cccc(C(=O)Nc2c(C)cccc2C)c1)NC#N. The number of hydrogen-bond acceptors (Lipinski definition) is 4. The first kappa shape index (κ1) is 17.6. The van der Waals surface area contributed by atoms with Gasteiger partial charge in [-0.2, -0.15) is 5.26 Å². The van der Waals surface area contributed by atoms with Crippen molar-refractivity contribution in [2.45, 2.75) is 13.8 Å². The molecule has 0 aliphatic carbocycles. The van der Waals surface area contributed by atoms with Crippen LogP contribution in [-0.4, -0.2) is 17.3 Å². The standard InChI is InChI=1S/C18H18N4OS/c1-12-6-4-7-13(2)16(12)22-17(23)14-8-5-9-15(10-14)21-18(24-3)20-11-19/h4-10H,1-3H3,(H,20,21)(H,22,23). The molecule has 0 aliphatic rings. The van der Waals surface area contributed by atoms with Crippen LogP contribution < -0.4 is 10.6 Å². The maximum absolute atomic E-state index is 12.5. The zero-order chi connectivity index (χ0) is 17.5. The Morgan fingerprint density at radius 2 is 1.83 bits per heavy atom. The van der Waals surface area contributed by atoms with Crippen LogP contribution in [0.1, 0.15) is 21.5 Å². The van der Waals surface area contributed by atoms with Crippen LogP contribution in [0.2, 0.25) is 0 Å². The van der Waals surface area contributed by atoms with E-state index in [0.717, 1.165) is 16.8 Å². The highest BCUT2D eigenvalue weighted by atomic mass is 32.2. The third kappa shape index (κ3) is 4.37. The molecule has 2 rings (SSSR count). The van der Waals surface area contributed by atoms with E-state index in [-0.39, 0.29) is 5.91 Å². The first-order valence-electron chi connectivity index (χ1n) is 7.30. The highest BCUT2D eigenvalue weighted by Gasteiger charge is 2.10.